The molecule has 0 fully saturated rings. The first-order valence-corrected chi connectivity index (χ1v) is 8.49. The van der Waals surface area contributed by atoms with Crippen LogP contribution < -0.4 is 9.64 Å². The molecule has 126 valence electrons. The zero-order chi connectivity index (χ0) is 16.8. The maximum absolute atomic E-state index is 12.5. The Labute approximate surface area is 143 Å². The molecule has 4 heteroatoms. The van der Waals surface area contributed by atoms with Crippen LogP contribution in [0.15, 0.2) is 54.6 Å². The maximum Gasteiger partial charge on any atom is 0.241 e. The lowest BCUT2D eigenvalue weighted by Crippen LogP contribution is -2.38. The fraction of sp³-hybridized carbons (Fsp3) is 0.350. The molecule has 0 bridgehead atoms. The van der Waals surface area contributed by atoms with Crippen LogP contribution in [0.2, 0.25) is 0 Å². The third kappa shape index (κ3) is 4.15. The Morgan fingerprint density at radius 1 is 1.12 bits per heavy atom. The Hall–Kier alpha value is -2.33. The van der Waals surface area contributed by atoms with Crippen LogP contribution in [-0.4, -0.2) is 44.1 Å². The number of carbonyl (C=O) groups excluding carboxylic acids is 1. The van der Waals surface area contributed by atoms with Gasteiger partial charge in [0.25, 0.3) is 0 Å². The molecular weight excluding hydrogens is 300 g/mol. The second-order valence-electron chi connectivity index (χ2n) is 6.18. The minimum Gasteiger partial charge on any atom is -0.494 e. The SMILES string of the molecule is CN(CCCOc1ccccc1)CC(=O)N1CCc2ccccc21. The Bertz CT molecular complexity index is 672. The Morgan fingerprint density at radius 3 is 2.71 bits per heavy atom. The van der Waals surface area contributed by atoms with E-state index in [2.05, 4.69) is 11.0 Å². The number of fused-ring (bicyclic) bond motifs is 1. The fourth-order valence-electron chi connectivity index (χ4n) is 3.03. The van der Waals surface area contributed by atoms with Crippen molar-refractivity contribution in [3.05, 3.63) is 60.2 Å². The fourth-order valence-corrected chi connectivity index (χ4v) is 3.03. The van der Waals surface area contributed by atoms with Crippen molar-refractivity contribution in [2.75, 3.05) is 38.2 Å². The minimum atomic E-state index is 0.173. The first kappa shape index (κ1) is 16.5. The number of amides is 1. The standard InChI is InChI=1S/C20H24N2O2/c1-21(13-7-15-24-18-9-3-2-4-10-18)16-20(23)22-14-12-17-8-5-6-11-19(17)22/h2-6,8-11H,7,12-16H2,1H3. The van der Waals surface area contributed by atoms with Crippen molar-refractivity contribution in [1.29, 1.82) is 0 Å². The van der Waals surface area contributed by atoms with Gasteiger partial charge in [0, 0.05) is 18.8 Å². The van der Waals surface area contributed by atoms with E-state index in [1.54, 1.807) is 0 Å². The summed E-state index contributed by atoms with van der Waals surface area (Å²) in [5.74, 6) is 1.07. The normalized spacial score (nSPS) is 13.2. The van der Waals surface area contributed by atoms with Gasteiger partial charge in [-0.25, -0.2) is 0 Å². The molecule has 3 rings (SSSR count). The number of anilines is 1. The van der Waals surface area contributed by atoms with Crippen LogP contribution in [0.4, 0.5) is 5.69 Å². The predicted octanol–water partition coefficient (Wildman–Crippen LogP) is 2.98. The maximum atomic E-state index is 12.5. The summed E-state index contributed by atoms with van der Waals surface area (Å²) in [6, 6.07) is 18.0. The zero-order valence-electron chi connectivity index (χ0n) is 14.1. The van der Waals surface area contributed by atoms with Crippen LogP contribution in [0.5, 0.6) is 5.75 Å². The van der Waals surface area contributed by atoms with Gasteiger partial charge in [-0.05, 0) is 43.7 Å². The van der Waals surface area contributed by atoms with Crippen molar-refractivity contribution in [1.82, 2.24) is 4.90 Å². The topological polar surface area (TPSA) is 32.8 Å². The predicted molar refractivity (Wildman–Crippen MR) is 96.6 cm³/mol. The number of nitrogens with zero attached hydrogens (tertiary/aromatic N) is 2. The number of ether oxygens (including phenoxy) is 1. The van der Waals surface area contributed by atoms with Crippen molar-refractivity contribution in [3.8, 4) is 5.75 Å². The highest BCUT2D eigenvalue weighted by molar-refractivity contribution is 5.96. The molecule has 0 aromatic heterocycles. The summed E-state index contributed by atoms with van der Waals surface area (Å²) in [5.41, 5.74) is 2.34. The van der Waals surface area contributed by atoms with E-state index in [0.29, 0.717) is 13.2 Å². The van der Waals surface area contributed by atoms with Gasteiger partial charge < -0.3 is 9.64 Å². The molecule has 0 unspecified atom stereocenters. The first-order chi connectivity index (χ1) is 11.7. The summed E-state index contributed by atoms with van der Waals surface area (Å²) >= 11 is 0. The van der Waals surface area contributed by atoms with Crippen LogP contribution in [0.1, 0.15) is 12.0 Å². The molecule has 0 spiro atoms. The number of rotatable bonds is 7. The first-order valence-electron chi connectivity index (χ1n) is 8.49. The second-order valence-corrected chi connectivity index (χ2v) is 6.18. The van der Waals surface area contributed by atoms with Crippen molar-refractivity contribution in [2.45, 2.75) is 12.8 Å². The van der Waals surface area contributed by atoms with E-state index >= 15 is 0 Å². The number of carbonyl (C=O) groups is 1. The van der Waals surface area contributed by atoms with E-state index in [1.807, 2.05) is 60.5 Å². The van der Waals surface area contributed by atoms with Crippen molar-refractivity contribution in [2.24, 2.45) is 0 Å². The van der Waals surface area contributed by atoms with Gasteiger partial charge in [-0.1, -0.05) is 36.4 Å². The van der Waals surface area contributed by atoms with Crippen LogP contribution >= 0.6 is 0 Å². The monoisotopic (exact) mass is 324 g/mol. The summed E-state index contributed by atoms with van der Waals surface area (Å²) in [7, 11) is 1.99. The van der Waals surface area contributed by atoms with Gasteiger partial charge in [0.05, 0.1) is 13.2 Å². The zero-order valence-corrected chi connectivity index (χ0v) is 14.1. The highest BCUT2D eigenvalue weighted by Gasteiger charge is 2.24. The molecule has 1 aliphatic heterocycles. The van der Waals surface area contributed by atoms with Crippen LogP contribution in [0.3, 0.4) is 0 Å². The highest BCUT2D eigenvalue weighted by Crippen LogP contribution is 2.27. The number of hydrogen-bond acceptors (Lipinski definition) is 3. The Balaban J connectivity index is 1.41. The van der Waals surface area contributed by atoms with Gasteiger partial charge in [0.15, 0.2) is 0 Å². The van der Waals surface area contributed by atoms with E-state index < -0.39 is 0 Å². The van der Waals surface area contributed by atoms with E-state index in [9.17, 15) is 4.79 Å². The van der Waals surface area contributed by atoms with Crippen molar-refractivity contribution < 1.29 is 9.53 Å². The lowest BCUT2D eigenvalue weighted by atomic mass is 10.2. The Kier molecular flexibility index (Phi) is 5.49. The van der Waals surface area contributed by atoms with Crippen LogP contribution in [-0.2, 0) is 11.2 Å². The van der Waals surface area contributed by atoms with Gasteiger partial charge in [-0.15, -0.1) is 0 Å². The molecule has 0 radical (unpaired) electrons. The molecule has 0 N–H and O–H groups in total. The smallest absolute Gasteiger partial charge is 0.241 e. The van der Waals surface area contributed by atoms with Gasteiger partial charge in [0.1, 0.15) is 5.75 Å². The molecule has 0 atom stereocenters. The highest BCUT2D eigenvalue weighted by atomic mass is 16.5. The van der Waals surface area contributed by atoms with Crippen LogP contribution in [0, 0.1) is 0 Å². The molecule has 0 aliphatic carbocycles. The molecular formula is C20H24N2O2. The lowest BCUT2D eigenvalue weighted by molar-refractivity contribution is -0.119. The average molecular weight is 324 g/mol. The van der Waals surface area contributed by atoms with Gasteiger partial charge in [0.2, 0.25) is 5.91 Å². The molecule has 0 saturated heterocycles. The third-order valence-corrected chi connectivity index (χ3v) is 4.29. The summed E-state index contributed by atoms with van der Waals surface area (Å²) < 4.78 is 5.69. The molecule has 1 aliphatic rings. The summed E-state index contributed by atoms with van der Waals surface area (Å²) in [6.07, 6.45) is 1.85. The summed E-state index contributed by atoms with van der Waals surface area (Å²) in [5, 5.41) is 0. The molecule has 24 heavy (non-hydrogen) atoms. The van der Waals surface area contributed by atoms with E-state index in [-0.39, 0.29) is 5.91 Å². The molecule has 2 aromatic carbocycles. The summed E-state index contributed by atoms with van der Waals surface area (Å²) in [6.45, 7) is 2.74. The largest absolute Gasteiger partial charge is 0.494 e. The quantitative estimate of drug-likeness (QED) is 0.734. The van der Waals surface area contributed by atoms with Crippen LogP contribution in [0.25, 0.3) is 0 Å². The van der Waals surface area contributed by atoms with E-state index in [0.717, 1.165) is 37.4 Å². The van der Waals surface area contributed by atoms with Gasteiger partial charge in [-0.3, -0.25) is 9.69 Å². The average Bonchev–Trinajstić information content (AvgIpc) is 3.04. The number of para-hydroxylation sites is 2. The summed E-state index contributed by atoms with van der Waals surface area (Å²) in [4.78, 5) is 16.5. The van der Waals surface area contributed by atoms with Crippen molar-refractivity contribution in [3.63, 3.8) is 0 Å². The number of likely N-dealkylation sites (N-methyl/N-ethyl adjacent to an activating group) is 1. The lowest BCUT2D eigenvalue weighted by Gasteiger charge is -2.22. The molecule has 0 saturated carbocycles. The second kappa shape index (κ2) is 7.97. The molecule has 1 heterocycles. The van der Waals surface area contributed by atoms with Crippen molar-refractivity contribution >= 4 is 11.6 Å². The Morgan fingerprint density at radius 2 is 1.88 bits per heavy atom. The minimum absolute atomic E-state index is 0.173. The third-order valence-electron chi connectivity index (χ3n) is 4.29. The number of benzene rings is 2. The molecule has 4 nitrogen and oxygen atoms in total. The van der Waals surface area contributed by atoms with E-state index in [1.165, 1.54) is 5.56 Å². The molecule has 1 amide bonds. The van der Waals surface area contributed by atoms with Gasteiger partial charge >= 0.3 is 0 Å². The van der Waals surface area contributed by atoms with E-state index in [4.69, 9.17) is 4.74 Å². The van der Waals surface area contributed by atoms with Gasteiger partial charge in [-0.2, -0.15) is 0 Å². The molecule has 2 aromatic rings. The number of hydrogen-bond donors (Lipinski definition) is 0.